The van der Waals surface area contributed by atoms with E-state index in [1.165, 1.54) is 38.8 Å². The molecule has 0 saturated carbocycles. The molecule has 2 rings (SSSR count). The van der Waals surface area contributed by atoms with Crippen molar-refractivity contribution in [1.29, 1.82) is 0 Å². The summed E-state index contributed by atoms with van der Waals surface area (Å²) in [5, 5.41) is 0.556. The van der Waals surface area contributed by atoms with Crippen molar-refractivity contribution in [3.05, 3.63) is 0 Å². The second kappa shape index (κ2) is 1.93. The first kappa shape index (κ1) is 6.12. The Morgan fingerprint density at radius 1 is 1.11 bits per heavy atom. The maximum atomic E-state index is 3.03. The third-order valence-electron chi connectivity index (χ3n) is 2.71. The highest BCUT2D eigenvalue weighted by molar-refractivity contribution is 7.18. The van der Waals surface area contributed by atoms with Crippen LogP contribution in [0.1, 0.15) is 25.7 Å². The largest absolute Gasteiger partial charge is 0.294 e. The fraction of sp³-hybridized carbons (Fsp3) is 1.00. The monoisotopic (exact) mass is 143 g/mol. The van der Waals surface area contributed by atoms with Crippen molar-refractivity contribution >= 4 is 9.24 Å². The second-order valence-corrected chi connectivity index (χ2v) is 4.37. The molecule has 0 aliphatic carbocycles. The van der Waals surface area contributed by atoms with Gasteiger partial charge >= 0.3 is 0 Å². The topological polar surface area (TPSA) is 3.24 Å². The van der Waals surface area contributed by atoms with Gasteiger partial charge in [0.15, 0.2) is 0 Å². The number of hydrogen-bond donors (Lipinski definition) is 0. The van der Waals surface area contributed by atoms with Crippen LogP contribution in [-0.2, 0) is 0 Å². The molecule has 2 heterocycles. The second-order valence-electron chi connectivity index (χ2n) is 3.30. The van der Waals surface area contributed by atoms with Crippen LogP contribution in [0, 0.1) is 0 Å². The van der Waals surface area contributed by atoms with Gasteiger partial charge in [0.05, 0.1) is 0 Å². The first-order valence-corrected chi connectivity index (χ1v) is 4.43. The van der Waals surface area contributed by atoms with Crippen molar-refractivity contribution in [2.24, 2.45) is 0 Å². The maximum absolute atomic E-state index is 3.03. The smallest absolute Gasteiger partial charge is 0.0351 e. The lowest BCUT2D eigenvalue weighted by molar-refractivity contribution is 0.293. The Balaban J connectivity index is 2.17. The average molecular weight is 143 g/mol. The van der Waals surface area contributed by atoms with Gasteiger partial charge in [-0.15, -0.1) is 9.24 Å². The molecule has 1 atom stereocenters. The quantitative estimate of drug-likeness (QED) is 0.464. The van der Waals surface area contributed by atoms with Gasteiger partial charge in [-0.1, -0.05) is 0 Å². The van der Waals surface area contributed by atoms with E-state index in [1.807, 2.05) is 0 Å². The lowest BCUT2D eigenvalue weighted by Crippen LogP contribution is -2.31. The van der Waals surface area contributed by atoms with E-state index in [-0.39, 0.29) is 0 Å². The average Bonchev–Trinajstić information content (AvgIpc) is 2.22. The van der Waals surface area contributed by atoms with E-state index in [4.69, 9.17) is 0 Å². The van der Waals surface area contributed by atoms with Gasteiger partial charge in [0.25, 0.3) is 0 Å². The van der Waals surface area contributed by atoms with Crippen molar-refractivity contribution < 1.29 is 0 Å². The van der Waals surface area contributed by atoms with Crippen LogP contribution < -0.4 is 0 Å². The third-order valence-corrected chi connectivity index (χ3v) is 3.65. The molecule has 2 fully saturated rings. The molecule has 1 unspecified atom stereocenters. The van der Waals surface area contributed by atoms with Gasteiger partial charge in [0, 0.05) is 5.28 Å². The van der Waals surface area contributed by atoms with Crippen LogP contribution in [0.5, 0.6) is 0 Å². The standard InChI is InChI=1S/C7H14NP/c9-7-3-1-5-8(7)6-2-4-7/h1-6,9H2. The molecular formula is C7H14NP. The molecule has 0 radical (unpaired) electrons. The summed E-state index contributed by atoms with van der Waals surface area (Å²) < 4.78 is 0. The van der Waals surface area contributed by atoms with Crippen molar-refractivity contribution in [1.82, 2.24) is 4.90 Å². The molecule has 2 aliphatic rings. The number of nitrogens with zero attached hydrogens (tertiary/aromatic N) is 1. The molecule has 0 N–H and O–H groups in total. The molecule has 2 saturated heterocycles. The molecule has 0 aromatic heterocycles. The molecule has 1 nitrogen and oxygen atoms in total. The summed E-state index contributed by atoms with van der Waals surface area (Å²) in [4.78, 5) is 2.62. The van der Waals surface area contributed by atoms with Crippen molar-refractivity contribution in [2.45, 2.75) is 31.0 Å². The van der Waals surface area contributed by atoms with E-state index in [9.17, 15) is 0 Å². The lowest BCUT2D eigenvalue weighted by Gasteiger charge is -2.26. The van der Waals surface area contributed by atoms with Crippen molar-refractivity contribution in [2.75, 3.05) is 13.1 Å². The molecule has 0 spiro atoms. The van der Waals surface area contributed by atoms with E-state index in [1.54, 1.807) is 0 Å². The Kier molecular flexibility index (Phi) is 1.32. The summed E-state index contributed by atoms with van der Waals surface area (Å²) >= 11 is 0. The summed E-state index contributed by atoms with van der Waals surface area (Å²) in [6.45, 7) is 2.70. The van der Waals surface area contributed by atoms with Gasteiger partial charge in [0.1, 0.15) is 0 Å². The zero-order valence-corrected chi connectivity index (χ0v) is 6.92. The summed E-state index contributed by atoms with van der Waals surface area (Å²) in [5.41, 5.74) is 0. The minimum Gasteiger partial charge on any atom is -0.294 e. The molecule has 9 heavy (non-hydrogen) atoms. The predicted molar refractivity (Wildman–Crippen MR) is 42.5 cm³/mol. The van der Waals surface area contributed by atoms with Crippen molar-refractivity contribution in [3.63, 3.8) is 0 Å². The van der Waals surface area contributed by atoms with Gasteiger partial charge in [-0.2, -0.15) is 0 Å². The van der Waals surface area contributed by atoms with Crippen molar-refractivity contribution in [3.8, 4) is 0 Å². The van der Waals surface area contributed by atoms with E-state index in [0.29, 0.717) is 5.28 Å². The molecular weight excluding hydrogens is 129 g/mol. The van der Waals surface area contributed by atoms with E-state index < -0.39 is 0 Å². The fourth-order valence-electron chi connectivity index (χ4n) is 2.15. The normalized spacial score (nSPS) is 33.0. The molecule has 0 amide bonds. The predicted octanol–water partition coefficient (Wildman–Crippen LogP) is 1.45. The van der Waals surface area contributed by atoms with Gasteiger partial charge in [0.2, 0.25) is 0 Å². The highest BCUT2D eigenvalue weighted by Crippen LogP contribution is 2.43. The Labute approximate surface area is 59.0 Å². The van der Waals surface area contributed by atoms with Gasteiger partial charge < -0.3 is 0 Å². The molecule has 52 valence electrons. The van der Waals surface area contributed by atoms with Crippen LogP contribution in [0.2, 0.25) is 0 Å². The zero-order chi connectivity index (χ0) is 6.32. The van der Waals surface area contributed by atoms with Crippen LogP contribution in [-0.4, -0.2) is 23.3 Å². The van der Waals surface area contributed by atoms with Crippen LogP contribution in [0.25, 0.3) is 0 Å². The summed E-state index contributed by atoms with van der Waals surface area (Å²) in [6.07, 6.45) is 5.67. The Hall–Kier alpha value is 0.390. The first-order chi connectivity index (χ1) is 4.31. The third kappa shape index (κ3) is 0.824. The van der Waals surface area contributed by atoms with Crippen LogP contribution in [0.4, 0.5) is 0 Å². The Morgan fingerprint density at radius 3 is 2.11 bits per heavy atom. The minimum atomic E-state index is 0.556. The SMILES string of the molecule is PC12CCCN1CCC2. The maximum Gasteiger partial charge on any atom is 0.0351 e. The zero-order valence-electron chi connectivity index (χ0n) is 5.77. The molecule has 2 heteroatoms. The number of hydrogen-bond acceptors (Lipinski definition) is 1. The summed E-state index contributed by atoms with van der Waals surface area (Å²) in [7, 11) is 3.03. The van der Waals surface area contributed by atoms with Crippen LogP contribution in [0.3, 0.4) is 0 Å². The first-order valence-electron chi connectivity index (χ1n) is 3.85. The van der Waals surface area contributed by atoms with Crippen LogP contribution in [0.15, 0.2) is 0 Å². The fourth-order valence-corrected chi connectivity index (χ4v) is 2.82. The highest BCUT2D eigenvalue weighted by atomic mass is 31.0. The molecule has 2 aliphatic heterocycles. The van der Waals surface area contributed by atoms with E-state index in [0.717, 1.165) is 0 Å². The molecule has 0 aromatic rings. The lowest BCUT2D eigenvalue weighted by atomic mass is 10.1. The molecule has 0 bridgehead atoms. The summed E-state index contributed by atoms with van der Waals surface area (Å²) in [5.74, 6) is 0. The number of rotatable bonds is 0. The van der Waals surface area contributed by atoms with Gasteiger partial charge in [-0.3, -0.25) is 4.90 Å². The van der Waals surface area contributed by atoms with Crippen LogP contribution >= 0.6 is 9.24 Å². The Morgan fingerprint density at radius 2 is 1.67 bits per heavy atom. The van der Waals surface area contributed by atoms with Gasteiger partial charge in [-0.05, 0) is 38.8 Å². The summed E-state index contributed by atoms with van der Waals surface area (Å²) in [6, 6.07) is 0. The number of fused-ring (bicyclic) bond motifs is 1. The highest BCUT2D eigenvalue weighted by Gasteiger charge is 2.39. The van der Waals surface area contributed by atoms with E-state index >= 15 is 0 Å². The Bertz CT molecular complexity index is 114. The van der Waals surface area contributed by atoms with E-state index in [2.05, 4.69) is 14.1 Å². The minimum absolute atomic E-state index is 0.556. The van der Waals surface area contributed by atoms with Gasteiger partial charge in [-0.25, -0.2) is 0 Å². The molecule has 0 aromatic carbocycles.